The molecule has 1 unspecified atom stereocenters. The molecule has 0 aromatic heterocycles. The number of halogens is 4. The number of hydrogen-bond acceptors (Lipinski definition) is 1. The standard InChI is InChI=1S/C14H10Br2F2O/c15-8-4-5-11(16)9(6-8)14(19)7-10-12(17)2-1-3-13(10)18/h1-6,14,19H,7H2. The van der Waals surface area contributed by atoms with E-state index in [1.54, 1.807) is 12.1 Å². The fourth-order valence-electron chi connectivity index (χ4n) is 1.80. The Morgan fingerprint density at radius 1 is 1.05 bits per heavy atom. The van der Waals surface area contributed by atoms with Crippen LogP contribution in [0.15, 0.2) is 45.3 Å². The van der Waals surface area contributed by atoms with Gasteiger partial charge in [-0.1, -0.05) is 37.9 Å². The molecule has 0 heterocycles. The molecule has 0 bridgehead atoms. The van der Waals surface area contributed by atoms with E-state index in [0.717, 1.165) is 4.47 Å². The van der Waals surface area contributed by atoms with Crippen LogP contribution in [-0.2, 0) is 6.42 Å². The number of benzene rings is 2. The topological polar surface area (TPSA) is 20.2 Å². The lowest BCUT2D eigenvalue weighted by molar-refractivity contribution is 0.175. The molecule has 5 heteroatoms. The van der Waals surface area contributed by atoms with Crippen LogP contribution in [0.25, 0.3) is 0 Å². The van der Waals surface area contributed by atoms with Crippen molar-refractivity contribution in [3.05, 3.63) is 68.1 Å². The van der Waals surface area contributed by atoms with Crippen molar-refractivity contribution >= 4 is 31.9 Å². The zero-order valence-electron chi connectivity index (χ0n) is 9.71. The van der Waals surface area contributed by atoms with Gasteiger partial charge < -0.3 is 5.11 Å². The molecule has 1 nitrogen and oxygen atoms in total. The smallest absolute Gasteiger partial charge is 0.129 e. The van der Waals surface area contributed by atoms with Crippen LogP contribution in [0.5, 0.6) is 0 Å². The van der Waals surface area contributed by atoms with Crippen molar-refractivity contribution in [3.8, 4) is 0 Å². The number of rotatable bonds is 3. The SMILES string of the molecule is OC(Cc1c(F)cccc1F)c1cc(Br)ccc1Br. The van der Waals surface area contributed by atoms with Crippen LogP contribution in [0.2, 0.25) is 0 Å². The first-order valence-electron chi connectivity index (χ1n) is 5.55. The Labute approximate surface area is 126 Å². The largest absolute Gasteiger partial charge is 0.388 e. The van der Waals surface area contributed by atoms with E-state index in [1.165, 1.54) is 18.2 Å². The van der Waals surface area contributed by atoms with E-state index in [2.05, 4.69) is 31.9 Å². The Kier molecular flexibility index (Phi) is 4.71. The van der Waals surface area contributed by atoms with Crippen LogP contribution in [0.4, 0.5) is 8.78 Å². The molecular weight excluding hydrogens is 382 g/mol. The summed E-state index contributed by atoms with van der Waals surface area (Å²) in [5.74, 6) is -1.30. The molecule has 0 aliphatic rings. The van der Waals surface area contributed by atoms with Gasteiger partial charge >= 0.3 is 0 Å². The molecule has 1 atom stereocenters. The zero-order chi connectivity index (χ0) is 14.0. The van der Waals surface area contributed by atoms with Gasteiger partial charge in [0.15, 0.2) is 0 Å². The minimum atomic E-state index is -0.988. The van der Waals surface area contributed by atoms with Crippen molar-refractivity contribution in [1.29, 1.82) is 0 Å². The van der Waals surface area contributed by atoms with Crippen LogP contribution < -0.4 is 0 Å². The van der Waals surface area contributed by atoms with E-state index >= 15 is 0 Å². The highest BCUT2D eigenvalue weighted by Crippen LogP contribution is 2.30. The summed E-state index contributed by atoms with van der Waals surface area (Å²) in [5.41, 5.74) is 0.471. The highest BCUT2D eigenvalue weighted by atomic mass is 79.9. The Morgan fingerprint density at radius 2 is 1.68 bits per heavy atom. The van der Waals surface area contributed by atoms with Crippen LogP contribution in [0.3, 0.4) is 0 Å². The van der Waals surface area contributed by atoms with E-state index in [-0.39, 0.29) is 12.0 Å². The van der Waals surface area contributed by atoms with Crippen LogP contribution in [0, 0.1) is 11.6 Å². The predicted octanol–water partition coefficient (Wildman–Crippen LogP) is 4.77. The molecule has 19 heavy (non-hydrogen) atoms. The van der Waals surface area contributed by atoms with Crippen molar-refractivity contribution in [1.82, 2.24) is 0 Å². The van der Waals surface area contributed by atoms with E-state index in [4.69, 9.17) is 0 Å². The lowest BCUT2D eigenvalue weighted by Crippen LogP contribution is -2.06. The van der Waals surface area contributed by atoms with E-state index in [9.17, 15) is 13.9 Å². The maximum atomic E-state index is 13.5. The molecule has 2 aromatic carbocycles. The van der Waals surface area contributed by atoms with Gasteiger partial charge in [-0.15, -0.1) is 0 Å². The van der Waals surface area contributed by atoms with E-state index in [1.807, 2.05) is 6.07 Å². The van der Waals surface area contributed by atoms with Gasteiger partial charge in [-0.25, -0.2) is 8.78 Å². The molecule has 1 N–H and O–H groups in total. The van der Waals surface area contributed by atoms with E-state index in [0.29, 0.717) is 10.0 Å². The summed E-state index contributed by atoms with van der Waals surface area (Å²) in [4.78, 5) is 0. The monoisotopic (exact) mass is 390 g/mol. The lowest BCUT2D eigenvalue weighted by atomic mass is 10.0. The van der Waals surface area contributed by atoms with Crippen molar-refractivity contribution in [2.24, 2.45) is 0 Å². The van der Waals surface area contributed by atoms with E-state index < -0.39 is 17.7 Å². The minimum Gasteiger partial charge on any atom is -0.388 e. The average Bonchev–Trinajstić information content (AvgIpc) is 2.37. The third-order valence-electron chi connectivity index (χ3n) is 2.78. The fraction of sp³-hybridized carbons (Fsp3) is 0.143. The van der Waals surface area contributed by atoms with Gasteiger partial charge in [-0.3, -0.25) is 0 Å². The first-order chi connectivity index (χ1) is 8.99. The quantitative estimate of drug-likeness (QED) is 0.799. The van der Waals surface area contributed by atoms with Gasteiger partial charge in [0.2, 0.25) is 0 Å². The number of aliphatic hydroxyl groups excluding tert-OH is 1. The lowest BCUT2D eigenvalue weighted by Gasteiger charge is -2.14. The van der Waals surface area contributed by atoms with Crippen LogP contribution >= 0.6 is 31.9 Å². The van der Waals surface area contributed by atoms with Crippen molar-refractivity contribution in [2.75, 3.05) is 0 Å². The van der Waals surface area contributed by atoms with Gasteiger partial charge in [0.05, 0.1) is 6.10 Å². The summed E-state index contributed by atoms with van der Waals surface area (Å²) in [6.07, 6.45) is -1.11. The normalized spacial score (nSPS) is 12.5. The molecular formula is C14H10Br2F2O. The summed E-state index contributed by atoms with van der Waals surface area (Å²) >= 11 is 6.61. The summed E-state index contributed by atoms with van der Waals surface area (Å²) in [6.45, 7) is 0. The summed E-state index contributed by atoms with van der Waals surface area (Å²) in [7, 11) is 0. The van der Waals surface area contributed by atoms with Crippen molar-refractivity contribution in [3.63, 3.8) is 0 Å². The van der Waals surface area contributed by atoms with Gasteiger partial charge in [-0.05, 0) is 35.9 Å². The maximum Gasteiger partial charge on any atom is 0.129 e. The van der Waals surface area contributed by atoms with Gasteiger partial charge in [0.1, 0.15) is 11.6 Å². The molecule has 0 aliphatic carbocycles. The molecule has 0 radical (unpaired) electrons. The Balaban J connectivity index is 2.31. The molecule has 2 aromatic rings. The zero-order valence-corrected chi connectivity index (χ0v) is 12.9. The molecule has 0 saturated carbocycles. The summed E-state index contributed by atoms with van der Waals surface area (Å²) in [5, 5.41) is 10.1. The second-order valence-corrected chi connectivity index (χ2v) is 5.86. The first-order valence-corrected chi connectivity index (χ1v) is 7.13. The Bertz CT molecular complexity index is 582. The maximum absolute atomic E-state index is 13.5. The third kappa shape index (κ3) is 3.41. The second-order valence-electron chi connectivity index (χ2n) is 4.09. The second kappa shape index (κ2) is 6.11. The average molecular weight is 392 g/mol. The van der Waals surface area contributed by atoms with Crippen LogP contribution in [-0.4, -0.2) is 5.11 Å². The highest BCUT2D eigenvalue weighted by molar-refractivity contribution is 9.11. The molecule has 0 amide bonds. The third-order valence-corrected chi connectivity index (χ3v) is 3.99. The van der Waals surface area contributed by atoms with Crippen molar-refractivity contribution < 1.29 is 13.9 Å². The molecule has 0 aliphatic heterocycles. The van der Waals surface area contributed by atoms with Gasteiger partial charge in [0.25, 0.3) is 0 Å². The first kappa shape index (κ1) is 14.6. The highest BCUT2D eigenvalue weighted by Gasteiger charge is 2.17. The minimum absolute atomic E-state index is 0.109. The summed E-state index contributed by atoms with van der Waals surface area (Å²) in [6, 6.07) is 8.95. The fourth-order valence-corrected chi connectivity index (χ4v) is 2.69. The molecule has 2 rings (SSSR count). The predicted molar refractivity (Wildman–Crippen MR) is 76.9 cm³/mol. The van der Waals surface area contributed by atoms with Gasteiger partial charge in [0, 0.05) is 20.9 Å². The number of aliphatic hydroxyl groups is 1. The number of hydrogen-bond donors (Lipinski definition) is 1. The molecule has 0 saturated heterocycles. The van der Waals surface area contributed by atoms with Crippen molar-refractivity contribution in [2.45, 2.75) is 12.5 Å². The Hall–Kier alpha value is -0.780. The van der Waals surface area contributed by atoms with Gasteiger partial charge in [-0.2, -0.15) is 0 Å². The molecule has 100 valence electrons. The summed E-state index contributed by atoms with van der Waals surface area (Å²) < 4.78 is 28.6. The van der Waals surface area contributed by atoms with Crippen LogP contribution in [0.1, 0.15) is 17.2 Å². The molecule has 0 fully saturated rings. The molecule has 0 spiro atoms. The Morgan fingerprint density at radius 3 is 2.32 bits per heavy atom.